The zero-order valence-electron chi connectivity index (χ0n) is 18.4. The van der Waals surface area contributed by atoms with E-state index in [0.717, 1.165) is 67.5 Å². The Kier molecular flexibility index (Phi) is 5.72. The molecule has 3 heterocycles. The van der Waals surface area contributed by atoms with Crippen molar-refractivity contribution in [2.45, 2.75) is 57.8 Å². The van der Waals surface area contributed by atoms with Crippen LogP contribution in [0.15, 0.2) is 39.3 Å². The van der Waals surface area contributed by atoms with Gasteiger partial charge < -0.3 is 19.2 Å². The van der Waals surface area contributed by atoms with E-state index in [1.807, 2.05) is 30.0 Å². The number of hydrogen-bond acceptors (Lipinski definition) is 5. The van der Waals surface area contributed by atoms with Gasteiger partial charge in [-0.25, -0.2) is 0 Å². The van der Waals surface area contributed by atoms with Gasteiger partial charge in [0.2, 0.25) is 11.7 Å². The molecule has 1 unspecified atom stereocenters. The second-order valence-corrected chi connectivity index (χ2v) is 9.14. The Labute approximate surface area is 187 Å². The number of likely N-dealkylation sites (tertiary alicyclic amines) is 1. The average molecular weight is 436 g/mol. The van der Waals surface area contributed by atoms with E-state index in [0.29, 0.717) is 18.1 Å². The number of amides is 2. The first-order valence-electron chi connectivity index (χ1n) is 11.6. The zero-order chi connectivity index (χ0) is 22.1. The molecule has 0 bridgehead atoms. The molecule has 1 aliphatic carbocycles. The lowest BCUT2D eigenvalue weighted by molar-refractivity contribution is -0.137. The lowest BCUT2D eigenvalue weighted by atomic mass is 9.87. The summed E-state index contributed by atoms with van der Waals surface area (Å²) >= 11 is 0. The molecule has 1 aromatic carbocycles. The molecule has 168 valence electrons. The number of fused-ring (bicyclic) bond motifs is 1. The lowest BCUT2D eigenvalue weighted by Gasteiger charge is -2.35. The molecule has 1 aliphatic heterocycles. The van der Waals surface area contributed by atoms with Crippen LogP contribution in [0.25, 0.3) is 11.0 Å². The maximum Gasteiger partial charge on any atom is 0.294 e. The van der Waals surface area contributed by atoms with Gasteiger partial charge in [-0.05, 0) is 56.9 Å². The maximum atomic E-state index is 13.0. The highest BCUT2D eigenvalue weighted by molar-refractivity contribution is 6.03. The lowest BCUT2D eigenvalue weighted by Crippen LogP contribution is -2.42. The quantitative estimate of drug-likeness (QED) is 0.603. The predicted molar refractivity (Wildman–Crippen MR) is 121 cm³/mol. The monoisotopic (exact) mass is 435 g/mol. The van der Waals surface area contributed by atoms with E-state index in [-0.39, 0.29) is 23.5 Å². The number of carbonyl (C=O) groups is 2. The number of nitrogens with zero attached hydrogens (tertiary/aromatic N) is 2. The summed E-state index contributed by atoms with van der Waals surface area (Å²) in [6, 6.07) is 9.16. The van der Waals surface area contributed by atoms with Crippen molar-refractivity contribution in [3.63, 3.8) is 0 Å². The first-order valence-corrected chi connectivity index (χ1v) is 11.6. The van der Waals surface area contributed by atoms with E-state index in [9.17, 15) is 9.59 Å². The smallest absolute Gasteiger partial charge is 0.294 e. The summed E-state index contributed by atoms with van der Waals surface area (Å²) in [6.07, 6.45) is 7.47. The van der Waals surface area contributed by atoms with Crippen molar-refractivity contribution in [2.75, 3.05) is 18.4 Å². The number of hydrogen-bond donors (Lipinski definition) is 1. The summed E-state index contributed by atoms with van der Waals surface area (Å²) in [6.45, 7) is 3.36. The van der Waals surface area contributed by atoms with Crippen molar-refractivity contribution in [3.05, 3.63) is 47.5 Å². The molecule has 0 radical (unpaired) electrons. The third-order valence-corrected chi connectivity index (χ3v) is 6.76. The Balaban J connectivity index is 1.24. The summed E-state index contributed by atoms with van der Waals surface area (Å²) in [4.78, 5) is 27.7. The van der Waals surface area contributed by atoms with E-state index in [2.05, 4.69) is 10.5 Å². The number of benzene rings is 1. The molecule has 2 amide bonds. The van der Waals surface area contributed by atoms with Gasteiger partial charge in [0.1, 0.15) is 11.3 Å². The van der Waals surface area contributed by atoms with E-state index in [1.165, 1.54) is 6.42 Å². The summed E-state index contributed by atoms with van der Waals surface area (Å²) in [5, 5.41) is 7.97. The summed E-state index contributed by atoms with van der Waals surface area (Å²) in [5.41, 5.74) is 2.20. The number of carbonyl (C=O) groups excluding carboxylic acids is 2. The van der Waals surface area contributed by atoms with Crippen molar-refractivity contribution >= 4 is 28.5 Å². The second-order valence-electron chi connectivity index (χ2n) is 9.14. The van der Waals surface area contributed by atoms with E-state index in [4.69, 9.17) is 8.94 Å². The van der Waals surface area contributed by atoms with Gasteiger partial charge in [0.25, 0.3) is 5.91 Å². The first-order chi connectivity index (χ1) is 15.6. The third-order valence-electron chi connectivity index (χ3n) is 6.76. The fraction of sp³-hybridized carbons (Fsp3) is 0.480. The molecule has 7 nitrogen and oxygen atoms in total. The van der Waals surface area contributed by atoms with Gasteiger partial charge >= 0.3 is 0 Å². The van der Waals surface area contributed by atoms with Crippen LogP contribution in [-0.2, 0) is 4.79 Å². The SMILES string of the molecule is Cc1cc2cc(NC(=O)c3cc(C4CCCN(C(=O)C5CCCCC5)C4)no3)ccc2o1. The van der Waals surface area contributed by atoms with Gasteiger partial charge in [-0.15, -0.1) is 0 Å². The molecular formula is C25H29N3O4. The largest absolute Gasteiger partial charge is 0.461 e. The minimum absolute atomic E-state index is 0.104. The fourth-order valence-electron chi connectivity index (χ4n) is 5.06. The van der Waals surface area contributed by atoms with Crippen LogP contribution >= 0.6 is 0 Å². The number of rotatable bonds is 4. The molecule has 7 heteroatoms. The predicted octanol–water partition coefficient (Wildman–Crippen LogP) is 5.27. The molecule has 3 aromatic rings. The maximum absolute atomic E-state index is 13.0. The number of aryl methyl sites for hydroxylation is 1. The van der Waals surface area contributed by atoms with Gasteiger partial charge in [-0.2, -0.15) is 0 Å². The van der Waals surface area contributed by atoms with Crippen LogP contribution in [0.2, 0.25) is 0 Å². The van der Waals surface area contributed by atoms with Gasteiger partial charge in [0, 0.05) is 42.1 Å². The molecule has 2 aliphatic rings. The molecule has 5 rings (SSSR count). The Morgan fingerprint density at radius 1 is 1.06 bits per heavy atom. The highest BCUT2D eigenvalue weighted by atomic mass is 16.5. The fourth-order valence-corrected chi connectivity index (χ4v) is 5.06. The second kappa shape index (κ2) is 8.81. The van der Waals surface area contributed by atoms with Crippen LogP contribution in [0.3, 0.4) is 0 Å². The van der Waals surface area contributed by atoms with Crippen molar-refractivity contribution in [1.82, 2.24) is 10.1 Å². The van der Waals surface area contributed by atoms with E-state index < -0.39 is 0 Å². The van der Waals surface area contributed by atoms with Gasteiger partial charge in [-0.3, -0.25) is 9.59 Å². The van der Waals surface area contributed by atoms with Crippen LogP contribution < -0.4 is 5.32 Å². The summed E-state index contributed by atoms with van der Waals surface area (Å²) in [7, 11) is 0. The summed E-state index contributed by atoms with van der Waals surface area (Å²) < 4.78 is 10.9. The molecule has 0 spiro atoms. The molecule has 1 saturated heterocycles. The van der Waals surface area contributed by atoms with Gasteiger partial charge in [-0.1, -0.05) is 24.4 Å². The average Bonchev–Trinajstić information content (AvgIpc) is 3.45. The Morgan fingerprint density at radius 3 is 2.75 bits per heavy atom. The molecule has 1 N–H and O–H groups in total. The number of furan rings is 1. The number of aromatic nitrogens is 1. The third kappa shape index (κ3) is 4.29. The standard InChI is InChI=1S/C25H29N3O4/c1-16-12-19-13-20(9-10-22(19)31-16)26-24(29)23-14-21(27-32-23)18-8-5-11-28(15-18)25(30)17-6-3-2-4-7-17/h9-10,12-14,17-18H,2-8,11,15H2,1H3,(H,26,29). The number of anilines is 1. The van der Waals surface area contributed by atoms with E-state index in [1.54, 1.807) is 12.1 Å². The van der Waals surface area contributed by atoms with Gasteiger partial charge in [0.15, 0.2) is 0 Å². The number of nitrogens with one attached hydrogen (secondary N) is 1. The molecule has 32 heavy (non-hydrogen) atoms. The van der Waals surface area contributed by atoms with Crippen molar-refractivity contribution in [1.29, 1.82) is 0 Å². The summed E-state index contributed by atoms with van der Waals surface area (Å²) in [5.74, 6) is 1.24. The number of piperidine rings is 1. The van der Waals surface area contributed by atoms with Crippen LogP contribution in [-0.4, -0.2) is 35.0 Å². The van der Waals surface area contributed by atoms with Gasteiger partial charge in [0.05, 0.1) is 5.69 Å². The molecular weight excluding hydrogens is 406 g/mol. The first kappa shape index (κ1) is 20.8. The minimum atomic E-state index is -0.339. The molecule has 2 fully saturated rings. The normalized spacial score (nSPS) is 19.9. The minimum Gasteiger partial charge on any atom is -0.461 e. The van der Waals surface area contributed by atoms with Crippen LogP contribution in [0.1, 0.15) is 72.9 Å². The Bertz CT molecular complexity index is 1130. The zero-order valence-corrected chi connectivity index (χ0v) is 18.4. The van der Waals surface area contributed by atoms with Crippen LogP contribution in [0.5, 0.6) is 0 Å². The molecule has 1 atom stereocenters. The van der Waals surface area contributed by atoms with Crippen LogP contribution in [0.4, 0.5) is 5.69 Å². The molecule has 1 saturated carbocycles. The molecule has 2 aromatic heterocycles. The van der Waals surface area contributed by atoms with Crippen molar-refractivity contribution in [3.8, 4) is 0 Å². The Hall–Kier alpha value is -3.09. The van der Waals surface area contributed by atoms with Crippen molar-refractivity contribution < 1.29 is 18.5 Å². The van der Waals surface area contributed by atoms with Crippen LogP contribution in [0, 0.1) is 12.8 Å². The highest BCUT2D eigenvalue weighted by Gasteiger charge is 2.31. The highest BCUT2D eigenvalue weighted by Crippen LogP contribution is 2.31. The van der Waals surface area contributed by atoms with E-state index >= 15 is 0 Å². The van der Waals surface area contributed by atoms with Crippen molar-refractivity contribution in [2.24, 2.45) is 5.92 Å². The Morgan fingerprint density at radius 2 is 1.91 bits per heavy atom. The topological polar surface area (TPSA) is 88.6 Å².